The van der Waals surface area contributed by atoms with Crippen LogP contribution < -0.4 is 0 Å². The minimum absolute atomic E-state index is 0.248. The van der Waals surface area contributed by atoms with Crippen molar-refractivity contribution in [2.24, 2.45) is 5.92 Å². The number of fused-ring (bicyclic) bond motifs is 2. The molecule has 0 radical (unpaired) electrons. The molecule has 0 aromatic rings. The Morgan fingerprint density at radius 3 is 2.53 bits per heavy atom. The Morgan fingerprint density at radius 2 is 2.12 bits per heavy atom. The second kappa shape index (κ2) is 4.45. The van der Waals surface area contributed by atoms with Crippen molar-refractivity contribution in [2.45, 2.75) is 50.6 Å². The Morgan fingerprint density at radius 1 is 1.47 bits per heavy atom. The van der Waals surface area contributed by atoms with E-state index in [0.29, 0.717) is 5.04 Å². The Hall–Kier alpha value is -0.833. The highest BCUT2D eigenvalue weighted by Gasteiger charge is 2.58. The zero-order valence-electron chi connectivity index (χ0n) is 10.9. The average molecular weight is 250 g/mol. The molecule has 94 valence electrons. The van der Waals surface area contributed by atoms with Crippen LogP contribution in [0.2, 0.25) is 11.6 Å². The molecule has 0 aromatic heterocycles. The second-order valence-electron chi connectivity index (χ2n) is 5.66. The molecule has 0 aromatic carbocycles. The molecule has 0 amide bonds. The average Bonchev–Trinajstić information content (AvgIpc) is 2.90. The van der Waals surface area contributed by atoms with Crippen molar-refractivity contribution in [3.8, 4) is 0 Å². The molecule has 2 bridgehead atoms. The van der Waals surface area contributed by atoms with Gasteiger partial charge in [-0.3, -0.25) is 0 Å². The number of hydrogen-bond donors (Lipinski definition) is 0. The third-order valence-electron chi connectivity index (χ3n) is 4.76. The van der Waals surface area contributed by atoms with Gasteiger partial charge in [-0.1, -0.05) is 31.2 Å². The van der Waals surface area contributed by atoms with E-state index in [2.05, 4.69) is 24.9 Å². The van der Waals surface area contributed by atoms with Crippen molar-refractivity contribution in [1.82, 2.24) is 0 Å². The van der Waals surface area contributed by atoms with Crippen LogP contribution in [0.3, 0.4) is 0 Å². The number of hydrogen-bond acceptors (Lipinski definition) is 2. The van der Waals surface area contributed by atoms with E-state index in [1.165, 1.54) is 38.2 Å². The van der Waals surface area contributed by atoms with Crippen molar-refractivity contribution >= 4 is 14.3 Å². The van der Waals surface area contributed by atoms with Crippen LogP contribution >= 0.6 is 0 Å². The van der Waals surface area contributed by atoms with E-state index in [4.69, 9.17) is 4.43 Å². The minimum atomic E-state index is -2.11. The van der Waals surface area contributed by atoms with Gasteiger partial charge in [0, 0.05) is 11.1 Å². The Labute approximate surface area is 105 Å². The minimum Gasteiger partial charge on any atom is -0.512 e. The van der Waals surface area contributed by atoms with Crippen LogP contribution in [0, 0.1) is 5.92 Å². The molecule has 2 rings (SSSR count). The van der Waals surface area contributed by atoms with E-state index in [-0.39, 0.29) is 5.97 Å². The lowest BCUT2D eigenvalue weighted by Crippen LogP contribution is -2.46. The standard InChI is InChI=1S/C14H22O2Si/c1-4-10-17(3,16-13(15)5-2)14-8-6-12(11-14)7-9-14/h4-5,10,12H,2,6-9,11H2,1,3H3. The van der Waals surface area contributed by atoms with Crippen LogP contribution in [0.4, 0.5) is 0 Å². The predicted octanol–water partition coefficient (Wildman–Crippen LogP) is 3.74. The van der Waals surface area contributed by atoms with E-state index in [0.717, 1.165) is 5.92 Å². The van der Waals surface area contributed by atoms with Crippen LogP contribution in [0.25, 0.3) is 0 Å². The molecule has 2 aliphatic rings. The summed E-state index contributed by atoms with van der Waals surface area (Å²) in [6.07, 6.45) is 9.77. The molecule has 3 heteroatoms. The summed E-state index contributed by atoms with van der Waals surface area (Å²) in [7, 11) is -2.11. The number of carbonyl (C=O) groups is 1. The third-order valence-corrected chi connectivity index (χ3v) is 9.16. The van der Waals surface area contributed by atoms with E-state index >= 15 is 0 Å². The van der Waals surface area contributed by atoms with Gasteiger partial charge in [0.2, 0.25) is 0 Å². The van der Waals surface area contributed by atoms with Gasteiger partial charge in [0.15, 0.2) is 0 Å². The summed E-state index contributed by atoms with van der Waals surface area (Å²) in [5, 5.41) is 0.308. The van der Waals surface area contributed by atoms with Crippen molar-refractivity contribution < 1.29 is 9.22 Å². The summed E-state index contributed by atoms with van der Waals surface area (Å²) in [5.41, 5.74) is 2.20. The molecular formula is C14H22O2Si. The molecule has 0 aliphatic heterocycles. The van der Waals surface area contributed by atoms with Gasteiger partial charge in [0.05, 0.1) is 0 Å². The summed E-state index contributed by atoms with van der Waals surface area (Å²) in [6, 6.07) is 0. The summed E-state index contributed by atoms with van der Waals surface area (Å²) >= 11 is 0. The topological polar surface area (TPSA) is 26.3 Å². The first kappa shape index (κ1) is 12.6. The molecule has 0 saturated heterocycles. The molecule has 0 heterocycles. The van der Waals surface area contributed by atoms with Crippen molar-refractivity contribution in [3.05, 3.63) is 24.4 Å². The van der Waals surface area contributed by atoms with Crippen LogP contribution in [-0.2, 0) is 9.22 Å². The largest absolute Gasteiger partial charge is 0.512 e. The molecular weight excluding hydrogens is 228 g/mol. The highest BCUT2D eigenvalue weighted by Crippen LogP contribution is 2.64. The number of allylic oxidation sites excluding steroid dienone is 1. The van der Waals surface area contributed by atoms with Gasteiger partial charge in [0.25, 0.3) is 8.32 Å². The molecule has 17 heavy (non-hydrogen) atoms. The number of carbonyl (C=O) groups excluding carboxylic acids is 1. The van der Waals surface area contributed by atoms with E-state index in [1.54, 1.807) is 0 Å². The smallest absolute Gasteiger partial charge is 0.317 e. The fraction of sp³-hybridized carbons (Fsp3) is 0.643. The van der Waals surface area contributed by atoms with E-state index in [9.17, 15) is 4.79 Å². The number of rotatable bonds is 4. The summed E-state index contributed by atoms with van der Waals surface area (Å²) in [6.45, 7) is 7.73. The van der Waals surface area contributed by atoms with Gasteiger partial charge in [-0.25, -0.2) is 4.79 Å². The van der Waals surface area contributed by atoms with Gasteiger partial charge >= 0.3 is 5.97 Å². The van der Waals surface area contributed by atoms with Gasteiger partial charge < -0.3 is 4.43 Å². The van der Waals surface area contributed by atoms with Crippen molar-refractivity contribution in [2.75, 3.05) is 0 Å². The summed E-state index contributed by atoms with van der Waals surface area (Å²) in [4.78, 5) is 11.6. The van der Waals surface area contributed by atoms with E-state index < -0.39 is 8.32 Å². The highest BCUT2D eigenvalue weighted by molar-refractivity contribution is 6.81. The lowest BCUT2D eigenvalue weighted by Gasteiger charge is -2.40. The molecule has 0 spiro atoms. The molecule has 2 aliphatic carbocycles. The maximum atomic E-state index is 11.6. The van der Waals surface area contributed by atoms with Crippen molar-refractivity contribution in [3.63, 3.8) is 0 Å². The van der Waals surface area contributed by atoms with Gasteiger partial charge in [-0.2, -0.15) is 0 Å². The molecule has 2 fully saturated rings. The van der Waals surface area contributed by atoms with Gasteiger partial charge in [-0.15, -0.1) is 0 Å². The van der Waals surface area contributed by atoms with Crippen LogP contribution in [-0.4, -0.2) is 14.3 Å². The fourth-order valence-corrected chi connectivity index (χ4v) is 7.53. The second-order valence-corrected chi connectivity index (χ2v) is 9.47. The van der Waals surface area contributed by atoms with Gasteiger partial charge in [-0.05, 0) is 38.7 Å². The zero-order valence-corrected chi connectivity index (χ0v) is 11.9. The Kier molecular flexibility index (Phi) is 3.30. The molecule has 1 unspecified atom stereocenters. The summed E-state index contributed by atoms with van der Waals surface area (Å²) < 4.78 is 5.83. The molecule has 1 atom stereocenters. The SMILES string of the molecule is C=CC(=O)O[Si](C)(C=CC)C12CCC(CC1)C2. The van der Waals surface area contributed by atoms with Crippen LogP contribution in [0.5, 0.6) is 0 Å². The van der Waals surface area contributed by atoms with Crippen LogP contribution in [0.15, 0.2) is 24.4 Å². The lowest BCUT2D eigenvalue weighted by molar-refractivity contribution is -0.129. The molecule has 2 nitrogen and oxygen atoms in total. The quantitative estimate of drug-likeness (QED) is 0.561. The van der Waals surface area contributed by atoms with E-state index in [1.807, 2.05) is 6.92 Å². The first-order chi connectivity index (χ1) is 8.05. The first-order valence-electron chi connectivity index (χ1n) is 6.54. The highest BCUT2D eigenvalue weighted by atomic mass is 28.4. The maximum Gasteiger partial charge on any atom is 0.317 e. The molecule has 0 N–H and O–H groups in total. The fourth-order valence-electron chi connectivity index (χ4n) is 3.78. The molecule has 2 saturated carbocycles. The lowest BCUT2D eigenvalue weighted by atomic mass is 10.0. The Balaban J connectivity index is 2.27. The third kappa shape index (κ3) is 2.01. The monoisotopic (exact) mass is 250 g/mol. The zero-order chi connectivity index (χ0) is 12.5. The first-order valence-corrected chi connectivity index (χ1v) is 9.03. The Bertz CT molecular complexity index is 353. The van der Waals surface area contributed by atoms with Gasteiger partial charge in [0.1, 0.15) is 0 Å². The van der Waals surface area contributed by atoms with Crippen LogP contribution in [0.1, 0.15) is 39.0 Å². The summed E-state index contributed by atoms with van der Waals surface area (Å²) in [5.74, 6) is 0.636. The normalized spacial score (nSPS) is 34.8. The predicted molar refractivity (Wildman–Crippen MR) is 72.0 cm³/mol. The maximum absolute atomic E-state index is 11.6. The van der Waals surface area contributed by atoms with Crippen molar-refractivity contribution in [1.29, 1.82) is 0 Å².